The molecule has 118 valence electrons. The molecule has 0 unspecified atom stereocenters. The third kappa shape index (κ3) is 4.86. The van der Waals surface area contributed by atoms with Gasteiger partial charge in [-0.3, -0.25) is 4.79 Å². The van der Waals surface area contributed by atoms with Crippen LogP contribution in [0.4, 0.5) is 5.69 Å². The normalized spacial score (nSPS) is 9.91. The number of halogens is 1. The molecule has 0 aliphatic heterocycles. The van der Waals surface area contributed by atoms with E-state index in [9.17, 15) is 4.79 Å². The Morgan fingerprint density at radius 2 is 1.82 bits per heavy atom. The molecule has 0 saturated carbocycles. The summed E-state index contributed by atoms with van der Waals surface area (Å²) in [5.41, 5.74) is 3.82. The van der Waals surface area contributed by atoms with Gasteiger partial charge < -0.3 is 10.6 Å². The molecule has 0 heterocycles. The molecule has 0 bridgehead atoms. The van der Waals surface area contributed by atoms with E-state index in [2.05, 4.69) is 30.5 Å². The van der Waals surface area contributed by atoms with Gasteiger partial charge in [-0.1, -0.05) is 44.2 Å². The van der Waals surface area contributed by atoms with Gasteiger partial charge in [0, 0.05) is 17.8 Å². The van der Waals surface area contributed by atoms with E-state index in [1.165, 1.54) is 5.56 Å². The molecule has 0 aliphatic carbocycles. The Morgan fingerprint density at radius 3 is 2.55 bits per heavy atom. The van der Waals surface area contributed by atoms with Crippen LogP contribution in [0.25, 0.3) is 0 Å². The fourth-order valence-electron chi connectivity index (χ4n) is 2.28. The lowest BCUT2D eigenvalue weighted by Gasteiger charge is -2.10. The van der Waals surface area contributed by atoms with Crippen molar-refractivity contribution in [2.24, 2.45) is 0 Å². The monoisotopic (exact) mass is 318 g/mol. The maximum Gasteiger partial charge on any atom is 0.255 e. The van der Waals surface area contributed by atoms with Crippen LogP contribution in [0.3, 0.4) is 0 Å². The minimum Gasteiger partial charge on any atom is -0.322 e. The van der Waals surface area contributed by atoms with Crippen LogP contribution in [0, 0.1) is 0 Å². The van der Waals surface area contributed by atoms with E-state index in [-0.39, 0.29) is 18.3 Å². The highest BCUT2D eigenvalue weighted by molar-refractivity contribution is 6.05. The Labute approximate surface area is 138 Å². The summed E-state index contributed by atoms with van der Waals surface area (Å²) in [7, 11) is 0. The first-order valence-corrected chi connectivity index (χ1v) is 7.43. The number of carbonyl (C=O) groups is 1. The second-order valence-electron chi connectivity index (χ2n) is 4.95. The summed E-state index contributed by atoms with van der Waals surface area (Å²) in [5, 5.41) is 6.27. The van der Waals surface area contributed by atoms with Crippen LogP contribution < -0.4 is 10.6 Å². The summed E-state index contributed by atoms with van der Waals surface area (Å²) in [6, 6.07) is 15.7. The van der Waals surface area contributed by atoms with Crippen LogP contribution in [0.15, 0.2) is 48.5 Å². The van der Waals surface area contributed by atoms with Gasteiger partial charge in [0.05, 0.1) is 0 Å². The molecule has 3 nitrogen and oxygen atoms in total. The van der Waals surface area contributed by atoms with Gasteiger partial charge in [0.25, 0.3) is 5.91 Å². The number of amides is 1. The van der Waals surface area contributed by atoms with E-state index in [0.29, 0.717) is 0 Å². The van der Waals surface area contributed by atoms with Gasteiger partial charge in [-0.15, -0.1) is 12.4 Å². The minimum atomic E-state index is -0.0481. The highest BCUT2D eigenvalue weighted by Gasteiger charge is 2.10. The number of hydrogen-bond acceptors (Lipinski definition) is 2. The van der Waals surface area contributed by atoms with E-state index in [0.717, 1.165) is 36.3 Å². The number of aryl methyl sites for hydroxylation is 1. The van der Waals surface area contributed by atoms with Gasteiger partial charge in [0.1, 0.15) is 0 Å². The molecule has 2 N–H and O–H groups in total. The molecule has 4 heteroatoms. The summed E-state index contributed by atoms with van der Waals surface area (Å²) in [6.07, 6.45) is 0.851. The summed E-state index contributed by atoms with van der Waals surface area (Å²) < 4.78 is 0. The second kappa shape index (κ2) is 9.23. The lowest BCUT2D eigenvalue weighted by Crippen LogP contribution is -2.15. The third-order valence-electron chi connectivity index (χ3n) is 3.41. The average molecular weight is 319 g/mol. The summed E-state index contributed by atoms with van der Waals surface area (Å²) >= 11 is 0. The standard InChI is InChI=1S/C18H22N2O.ClH/c1-3-15-9-5-6-11-17(15)18(21)20-16-10-7-8-14(12-16)13-19-4-2;/h5-12,19H,3-4,13H2,1-2H3,(H,20,21);1H. The molecule has 0 aromatic heterocycles. The molecule has 0 fully saturated rings. The Kier molecular flexibility index (Phi) is 7.64. The van der Waals surface area contributed by atoms with E-state index in [1.54, 1.807) is 0 Å². The largest absolute Gasteiger partial charge is 0.322 e. The van der Waals surface area contributed by atoms with Gasteiger partial charge in [0.15, 0.2) is 0 Å². The van der Waals surface area contributed by atoms with Crippen molar-refractivity contribution in [1.29, 1.82) is 0 Å². The molecule has 0 saturated heterocycles. The fraction of sp³-hybridized carbons (Fsp3) is 0.278. The topological polar surface area (TPSA) is 41.1 Å². The molecule has 2 rings (SSSR count). The van der Waals surface area contributed by atoms with Crippen molar-refractivity contribution in [2.45, 2.75) is 26.8 Å². The number of nitrogens with one attached hydrogen (secondary N) is 2. The number of hydrogen-bond donors (Lipinski definition) is 2. The molecule has 0 radical (unpaired) electrons. The Bertz CT molecular complexity index is 614. The molecule has 2 aromatic rings. The van der Waals surface area contributed by atoms with E-state index < -0.39 is 0 Å². The zero-order valence-electron chi connectivity index (χ0n) is 13.1. The second-order valence-corrected chi connectivity index (χ2v) is 4.95. The molecule has 0 aliphatic rings. The third-order valence-corrected chi connectivity index (χ3v) is 3.41. The lowest BCUT2D eigenvalue weighted by atomic mass is 10.0. The maximum atomic E-state index is 12.4. The molecule has 1 amide bonds. The Hall–Kier alpha value is -1.84. The molecule has 22 heavy (non-hydrogen) atoms. The van der Waals surface area contributed by atoms with Crippen molar-refractivity contribution < 1.29 is 4.79 Å². The summed E-state index contributed by atoms with van der Waals surface area (Å²) in [6.45, 7) is 5.88. The number of anilines is 1. The van der Waals surface area contributed by atoms with E-state index in [4.69, 9.17) is 0 Å². The van der Waals surface area contributed by atoms with Crippen LogP contribution in [-0.4, -0.2) is 12.5 Å². The summed E-state index contributed by atoms with van der Waals surface area (Å²) in [4.78, 5) is 12.4. The van der Waals surface area contributed by atoms with Crippen LogP contribution >= 0.6 is 12.4 Å². The van der Waals surface area contributed by atoms with Crippen molar-refractivity contribution >= 4 is 24.0 Å². The first-order valence-electron chi connectivity index (χ1n) is 7.43. The van der Waals surface area contributed by atoms with Crippen molar-refractivity contribution in [3.05, 3.63) is 65.2 Å². The predicted molar refractivity (Wildman–Crippen MR) is 94.8 cm³/mol. The Balaban J connectivity index is 0.00000242. The number of rotatable bonds is 6. The van der Waals surface area contributed by atoms with Gasteiger partial charge in [-0.05, 0) is 42.3 Å². The quantitative estimate of drug-likeness (QED) is 0.844. The number of benzene rings is 2. The predicted octanol–water partition coefficient (Wildman–Crippen LogP) is 4.03. The number of carbonyl (C=O) groups excluding carboxylic acids is 1. The van der Waals surface area contributed by atoms with Gasteiger partial charge >= 0.3 is 0 Å². The van der Waals surface area contributed by atoms with Crippen molar-refractivity contribution in [2.75, 3.05) is 11.9 Å². The van der Waals surface area contributed by atoms with Crippen LogP contribution in [0.5, 0.6) is 0 Å². The minimum absolute atomic E-state index is 0. The van der Waals surface area contributed by atoms with E-state index in [1.807, 2.05) is 42.5 Å². The first kappa shape index (κ1) is 18.2. The molecule has 0 spiro atoms. The van der Waals surface area contributed by atoms with Crippen LogP contribution in [-0.2, 0) is 13.0 Å². The Morgan fingerprint density at radius 1 is 1.05 bits per heavy atom. The van der Waals surface area contributed by atoms with Crippen molar-refractivity contribution in [3.8, 4) is 0 Å². The van der Waals surface area contributed by atoms with Crippen molar-refractivity contribution in [1.82, 2.24) is 5.32 Å². The van der Waals surface area contributed by atoms with E-state index >= 15 is 0 Å². The average Bonchev–Trinajstić information content (AvgIpc) is 2.53. The van der Waals surface area contributed by atoms with Gasteiger partial charge in [-0.2, -0.15) is 0 Å². The van der Waals surface area contributed by atoms with Gasteiger partial charge in [-0.25, -0.2) is 0 Å². The van der Waals surface area contributed by atoms with Gasteiger partial charge in [0.2, 0.25) is 0 Å². The van der Waals surface area contributed by atoms with Crippen molar-refractivity contribution in [3.63, 3.8) is 0 Å². The van der Waals surface area contributed by atoms with Crippen LogP contribution in [0.1, 0.15) is 35.3 Å². The molecule has 0 atom stereocenters. The zero-order valence-corrected chi connectivity index (χ0v) is 13.9. The maximum absolute atomic E-state index is 12.4. The fourth-order valence-corrected chi connectivity index (χ4v) is 2.28. The van der Waals surface area contributed by atoms with Crippen LogP contribution in [0.2, 0.25) is 0 Å². The SMILES string of the molecule is CCNCc1cccc(NC(=O)c2ccccc2CC)c1.Cl. The molecular weight excluding hydrogens is 296 g/mol. The lowest BCUT2D eigenvalue weighted by molar-refractivity contribution is 0.102. The smallest absolute Gasteiger partial charge is 0.255 e. The molecular formula is C18H23ClN2O. The molecule has 2 aromatic carbocycles. The highest BCUT2D eigenvalue weighted by atomic mass is 35.5. The first-order chi connectivity index (χ1) is 10.2. The zero-order chi connectivity index (χ0) is 15.1. The highest BCUT2D eigenvalue weighted by Crippen LogP contribution is 2.15. The summed E-state index contributed by atoms with van der Waals surface area (Å²) in [5.74, 6) is -0.0481.